The normalized spacial score (nSPS) is 45.7. The van der Waals surface area contributed by atoms with Crippen LogP contribution in [0.25, 0.3) is 0 Å². The van der Waals surface area contributed by atoms with E-state index in [4.69, 9.17) is 4.74 Å². The number of hydrogen-bond donors (Lipinski definition) is 0. The Balaban J connectivity index is 1.82. The maximum absolute atomic E-state index is 12.2. The van der Waals surface area contributed by atoms with Gasteiger partial charge in [0.05, 0.1) is 6.10 Å². The number of ether oxygens (including phenoxy) is 1. The summed E-state index contributed by atoms with van der Waals surface area (Å²) in [6.07, 6.45) is 14.1. The Kier molecular flexibility index (Phi) is 5.54. The van der Waals surface area contributed by atoms with Crippen molar-refractivity contribution in [3.05, 3.63) is 11.6 Å². The van der Waals surface area contributed by atoms with E-state index in [0.29, 0.717) is 17.8 Å². The third-order valence-corrected chi connectivity index (χ3v) is 7.80. The second-order valence-corrected chi connectivity index (χ2v) is 9.09. The van der Waals surface area contributed by atoms with Crippen LogP contribution >= 0.6 is 0 Å². The van der Waals surface area contributed by atoms with E-state index in [1.807, 2.05) is 14.0 Å². The van der Waals surface area contributed by atoms with E-state index in [0.717, 1.165) is 30.6 Å². The van der Waals surface area contributed by atoms with Crippen LogP contribution in [0.1, 0.15) is 78.6 Å². The molecule has 3 unspecified atom stereocenters. The van der Waals surface area contributed by atoms with E-state index >= 15 is 0 Å². The number of rotatable bonds is 2. The number of fused-ring (bicyclic) bond motifs is 3. The third kappa shape index (κ3) is 3.36. The van der Waals surface area contributed by atoms with Gasteiger partial charge in [0, 0.05) is 13.0 Å². The topological polar surface area (TPSA) is 26.3 Å². The quantitative estimate of drug-likeness (QED) is 0.619. The van der Waals surface area contributed by atoms with Crippen molar-refractivity contribution in [1.82, 2.24) is 0 Å². The summed E-state index contributed by atoms with van der Waals surface area (Å²) in [6.45, 7) is 6.54. The molecule has 0 N–H and O–H groups in total. The Labute approximate surface area is 148 Å². The highest BCUT2D eigenvalue weighted by atomic mass is 16.5. The second-order valence-electron chi connectivity index (χ2n) is 9.09. The average molecular weight is 333 g/mol. The van der Waals surface area contributed by atoms with E-state index in [9.17, 15) is 4.79 Å². The fourth-order valence-electron chi connectivity index (χ4n) is 6.44. The van der Waals surface area contributed by atoms with Gasteiger partial charge in [-0.1, -0.05) is 31.4 Å². The molecule has 0 aromatic rings. The summed E-state index contributed by atoms with van der Waals surface area (Å²) >= 11 is 0. The van der Waals surface area contributed by atoms with Crippen molar-refractivity contribution in [1.29, 1.82) is 0 Å². The first-order chi connectivity index (χ1) is 11.5. The molecule has 0 amide bonds. The van der Waals surface area contributed by atoms with E-state index in [-0.39, 0.29) is 5.41 Å². The molecule has 24 heavy (non-hydrogen) atoms. The van der Waals surface area contributed by atoms with Crippen LogP contribution in [0.15, 0.2) is 11.6 Å². The highest BCUT2D eigenvalue weighted by molar-refractivity contribution is 5.79. The number of Topliss-reactive ketones (excluding diaryl/α,β-unsaturated/α-hetero) is 1. The zero-order valence-electron chi connectivity index (χ0n) is 16.1. The van der Waals surface area contributed by atoms with Crippen molar-refractivity contribution in [3.8, 4) is 0 Å². The molecule has 6 atom stereocenters. The Morgan fingerprint density at radius 2 is 2.00 bits per heavy atom. The summed E-state index contributed by atoms with van der Waals surface area (Å²) in [7, 11) is 1.86. The number of carbonyl (C=O) groups is 1. The molecule has 2 nitrogen and oxygen atoms in total. The average Bonchev–Trinajstić information content (AvgIpc) is 2.90. The van der Waals surface area contributed by atoms with Gasteiger partial charge in [0.2, 0.25) is 0 Å². The fourth-order valence-corrected chi connectivity index (χ4v) is 6.44. The van der Waals surface area contributed by atoms with Crippen LogP contribution in [-0.2, 0) is 9.53 Å². The molecule has 0 aliphatic heterocycles. The van der Waals surface area contributed by atoms with E-state index < -0.39 is 0 Å². The van der Waals surface area contributed by atoms with Crippen LogP contribution in [0.3, 0.4) is 0 Å². The summed E-state index contributed by atoms with van der Waals surface area (Å²) in [5.74, 6) is 3.16. The van der Waals surface area contributed by atoms with Gasteiger partial charge in [-0.2, -0.15) is 0 Å². The Hall–Kier alpha value is -0.630. The maximum atomic E-state index is 12.2. The molecule has 2 fully saturated rings. The molecule has 2 saturated carbocycles. The van der Waals surface area contributed by atoms with Gasteiger partial charge >= 0.3 is 0 Å². The van der Waals surface area contributed by atoms with Crippen molar-refractivity contribution in [2.45, 2.75) is 84.7 Å². The van der Waals surface area contributed by atoms with E-state index in [1.165, 1.54) is 50.5 Å². The number of methoxy groups -OCH3 is 1. The SMILES string of the molecule is CO[C@H]1CCCC2CC[C@@]3(C)C(CC[C@@H]3C(C)=O)C2C/C=C(\C)C1. The molecule has 0 radical (unpaired) electrons. The van der Waals surface area contributed by atoms with Crippen molar-refractivity contribution in [2.75, 3.05) is 7.11 Å². The van der Waals surface area contributed by atoms with Crippen LogP contribution in [0.5, 0.6) is 0 Å². The van der Waals surface area contributed by atoms with E-state index in [1.54, 1.807) is 0 Å². The summed E-state index contributed by atoms with van der Waals surface area (Å²) in [5.41, 5.74) is 1.77. The highest BCUT2D eigenvalue weighted by Crippen LogP contribution is 2.60. The Morgan fingerprint density at radius 1 is 1.21 bits per heavy atom. The van der Waals surface area contributed by atoms with Crippen molar-refractivity contribution >= 4 is 5.78 Å². The van der Waals surface area contributed by atoms with Gasteiger partial charge in [0.25, 0.3) is 0 Å². The van der Waals surface area contributed by atoms with Gasteiger partial charge in [0.15, 0.2) is 0 Å². The van der Waals surface area contributed by atoms with Gasteiger partial charge in [-0.15, -0.1) is 0 Å². The molecule has 3 aliphatic rings. The largest absolute Gasteiger partial charge is 0.381 e. The van der Waals surface area contributed by atoms with Crippen molar-refractivity contribution in [3.63, 3.8) is 0 Å². The lowest BCUT2D eigenvalue weighted by Crippen LogP contribution is -2.43. The molecule has 0 aromatic heterocycles. The fraction of sp³-hybridized carbons (Fsp3) is 0.864. The predicted molar refractivity (Wildman–Crippen MR) is 98.9 cm³/mol. The zero-order valence-corrected chi connectivity index (χ0v) is 16.1. The third-order valence-electron chi connectivity index (χ3n) is 7.80. The van der Waals surface area contributed by atoms with Crippen LogP contribution in [0.2, 0.25) is 0 Å². The van der Waals surface area contributed by atoms with Crippen molar-refractivity contribution < 1.29 is 9.53 Å². The first-order valence-electron chi connectivity index (χ1n) is 10.1. The number of hydrogen-bond acceptors (Lipinski definition) is 2. The smallest absolute Gasteiger partial charge is 0.133 e. The molecular weight excluding hydrogens is 296 g/mol. The molecule has 0 heterocycles. The van der Waals surface area contributed by atoms with Gasteiger partial charge in [-0.05, 0) is 82.0 Å². The molecule has 2 heteroatoms. The number of allylic oxidation sites excluding steroid dienone is 1. The highest BCUT2D eigenvalue weighted by Gasteiger charge is 2.54. The molecule has 0 spiro atoms. The second kappa shape index (κ2) is 7.32. The van der Waals surface area contributed by atoms with Gasteiger partial charge < -0.3 is 4.74 Å². The maximum Gasteiger partial charge on any atom is 0.133 e. The minimum absolute atomic E-state index is 0.272. The molecule has 0 saturated heterocycles. The van der Waals surface area contributed by atoms with Crippen LogP contribution in [0.4, 0.5) is 0 Å². The lowest BCUT2D eigenvalue weighted by molar-refractivity contribution is -0.126. The van der Waals surface area contributed by atoms with Gasteiger partial charge in [0.1, 0.15) is 5.78 Å². The van der Waals surface area contributed by atoms with Gasteiger partial charge in [-0.3, -0.25) is 4.79 Å². The molecular formula is C22H36O2. The summed E-state index contributed by atoms with van der Waals surface area (Å²) in [5, 5.41) is 0. The lowest BCUT2D eigenvalue weighted by atomic mass is 9.56. The number of ketones is 1. The minimum atomic E-state index is 0.272. The molecule has 0 bridgehead atoms. The van der Waals surface area contributed by atoms with Crippen LogP contribution < -0.4 is 0 Å². The molecule has 3 rings (SSSR count). The standard InChI is InChI=1S/C22H36O2/c1-15-8-9-19-17(6-5-7-18(14-15)24-4)12-13-22(3)20(16(2)23)10-11-21(19)22/h8,17-21H,5-7,9-14H2,1-4H3/b15-8+/t17?,18-,19?,20+,21?,22+/m0/s1. The molecule has 136 valence electrons. The summed E-state index contributed by atoms with van der Waals surface area (Å²) in [6, 6.07) is 0. The molecule has 0 aromatic carbocycles. The zero-order chi connectivity index (χ0) is 17.3. The summed E-state index contributed by atoms with van der Waals surface area (Å²) < 4.78 is 5.68. The van der Waals surface area contributed by atoms with Crippen LogP contribution in [0, 0.1) is 29.1 Å². The van der Waals surface area contributed by atoms with E-state index in [2.05, 4.69) is 19.9 Å². The summed E-state index contributed by atoms with van der Waals surface area (Å²) in [4.78, 5) is 12.2. The Morgan fingerprint density at radius 3 is 2.71 bits per heavy atom. The lowest BCUT2D eigenvalue weighted by Gasteiger charge is -2.48. The first kappa shape index (κ1) is 18.2. The first-order valence-corrected chi connectivity index (χ1v) is 10.1. The predicted octanol–water partition coefficient (Wildman–Crippen LogP) is 5.56. The Bertz CT molecular complexity index is 494. The van der Waals surface area contributed by atoms with Crippen molar-refractivity contribution in [2.24, 2.45) is 29.1 Å². The minimum Gasteiger partial charge on any atom is -0.381 e. The van der Waals surface area contributed by atoms with Crippen LogP contribution in [-0.4, -0.2) is 19.0 Å². The molecule has 3 aliphatic carbocycles. The van der Waals surface area contributed by atoms with Gasteiger partial charge in [-0.25, -0.2) is 0 Å². The number of carbonyl (C=O) groups excluding carboxylic acids is 1. The monoisotopic (exact) mass is 332 g/mol.